The summed E-state index contributed by atoms with van der Waals surface area (Å²) in [5.74, 6) is 1.49. The quantitative estimate of drug-likeness (QED) is 0.194. The van der Waals surface area contributed by atoms with E-state index in [4.69, 9.17) is 14.5 Å². The molecule has 28 heavy (non-hydrogen) atoms. The summed E-state index contributed by atoms with van der Waals surface area (Å²) in [6.07, 6.45) is 4.52. The molecule has 7 heteroatoms. The average molecular weight is 566 g/mol. The molecule has 0 bridgehead atoms. The van der Waals surface area contributed by atoms with Gasteiger partial charge in [-0.15, -0.1) is 24.0 Å². The molecular weight excluding hydrogens is 533 g/mol. The van der Waals surface area contributed by atoms with Crippen LogP contribution in [0.2, 0.25) is 0 Å². The number of hydrogen-bond donors (Lipinski definition) is 2. The molecular formula is C21H33BrIN3O2. The van der Waals surface area contributed by atoms with E-state index in [0.717, 1.165) is 64.9 Å². The normalized spacial score (nSPS) is 20.5. The number of ether oxygens (including phenoxy) is 2. The SMILES string of the molecule is CCNC(=NCC1(c2ccccc2Br)CC1)NCCCOCC1CCOC1.I. The van der Waals surface area contributed by atoms with E-state index in [1.165, 1.54) is 22.9 Å². The van der Waals surface area contributed by atoms with Gasteiger partial charge in [0, 0.05) is 42.1 Å². The molecule has 2 aliphatic rings. The van der Waals surface area contributed by atoms with E-state index in [0.29, 0.717) is 5.92 Å². The minimum absolute atomic E-state index is 0. The number of guanidine groups is 1. The van der Waals surface area contributed by atoms with Crippen molar-refractivity contribution in [2.24, 2.45) is 10.9 Å². The lowest BCUT2D eigenvalue weighted by molar-refractivity contribution is 0.0888. The Balaban J connectivity index is 0.00000280. The topological polar surface area (TPSA) is 54.9 Å². The highest BCUT2D eigenvalue weighted by Gasteiger charge is 2.45. The fraction of sp³-hybridized carbons (Fsp3) is 0.667. The first-order valence-electron chi connectivity index (χ1n) is 10.2. The van der Waals surface area contributed by atoms with Crippen LogP contribution < -0.4 is 10.6 Å². The molecule has 1 unspecified atom stereocenters. The Bertz CT molecular complexity index is 619. The van der Waals surface area contributed by atoms with Gasteiger partial charge in [-0.1, -0.05) is 34.1 Å². The van der Waals surface area contributed by atoms with Crippen molar-refractivity contribution >= 4 is 45.9 Å². The first-order valence-corrected chi connectivity index (χ1v) is 11.0. The molecule has 1 saturated heterocycles. The maximum atomic E-state index is 5.77. The summed E-state index contributed by atoms with van der Waals surface area (Å²) in [5, 5.41) is 6.79. The van der Waals surface area contributed by atoms with E-state index < -0.39 is 0 Å². The first-order chi connectivity index (χ1) is 13.2. The predicted molar refractivity (Wildman–Crippen MR) is 129 cm³/mol. The van der Waals surface area contributed by atoms with Gasteiger partial charge in [0.15, 0.2) is 5.96 Å². The summed E-state index contributed by atoms with van der Waals surface area (Å²) >= 11 is 3.70. The van der Waals surface area contributed by atoms with Crippen LogP contribution in [-0.2, 0) is 14.9 Å². The molecule has 1 aromatic carbocycles. The van der Waals surface area contributed by atoms with Gasteiger partial charge in [-0.25, -0.2) is 0 Å². The third-order valence-corrected chi connectivity index (χ3v) is 6.01. The molecule has 1 aliphatic heterocycles. The fourth-order valence-corrected chi connectivity index (χ4v) is 4.18. The monoisotopic (exact) mass is 565 g/mol. The van der Waals surface area contributed by atoms with Crippen molar-refractivity contribution in [1.29, 1.82) is 0 Å². The molecule has 3 rings (SSSR count). The van der Waals surface area contributed by atoms with Gasteiger partial charge in [-0.2, -0.15) is 0 Å². The van der Waals surface area contributed by atoms with Gasteiger partial charge in [0.2, 0.25) is 0 Å². The van der Waals surface area contributed by atoms with Crippen molar-refractivity contribution in [1.82, 2.24) is 10.6 Å². The number of nitrogens with zero attached hydrogens (tertiary/aromatic N) is 1. The fourth-order valence-electron chi connectivity index (χ4n) is 3.47. The smallest absolute Gasteiger partial charge is 0.191 e. The average Bonchev–Trinajstić information content (AvgIpc) is 3.28. The van der Waals surface area contributed by atoms with Crippen LogP contribution in [0.1, 0.15) is 38.2 Å². The Morgan fingerprint density at radius 1 is 1.32 bits per heavy atom. The third-order valence-electron chi connectivity index (χ3n) is 5.32. The number of hydrogen-bond acceptors (Lipinski definition) is 3. The van der Waals surface area contributed by atoms with Crippen LogP contribution in [0.3, 0.4) is 0 Å². The molecule has 5 nitrogen and oxygen atoms in total. The first kappa shape index (κ1) is 23.9. The van der Waals surface area contributed by atoms with Crippen molar-refractivity contribution < 1.29 is 9.47 Å². The highest BCUT2D eigenvalue weighted by atomic mass is 127. The van der Waals surface area contributed by atoms with Gasteiger partial charge >= 0.3 is 0 Å². The maximum Gasteiger partial charge on any atom is 0.191 e. The van der Waals surface area contributed by atoms with Gasteiger partial charge in [-0.05, 0) is 44.2 Å². The number of rotatable bonds is 10. The molecule has 1 atom stereocenters. The summed E-state index contributed by atoms with van der Waals surface area (Å²) in [6.45, 7) is 8.01. The molecule has 2 fully saturated rings. The van der Waals surface area contributed by atoms with Gasteiger partial charge in [0.05, 0.1) is 19.8 Å². The van der Waals surface area contributed by atoms with E-state index in [-0.39, 0.29) is 29.4 Å². The zero-order valence-corrected chi connectivity index (χ0v) is 20.6. The van der Waals surface area contributed by atoms with Crippen LogP contribution >= 0.6 is 39.9 Å². The Hall–Kier alpha value is -0.380. The lowest BCUT2D eigenvalue weighted by Gasteiger charge is -2.17. The lowest BCUT2D eigenvalue weighted by atomic mass is 9.96. The van der Waals surface area contributed by atoms with Crippen LogP contribution in [-0.4, -0.2) is 52.0 Å². The van der Waals surface area contributed by atoms with Crippen molar-refractivity contribution in [2.75, 3.05) is 46.1 Å². The Kier molecular flexibility index (Phi) is 10.5. The van der Waals surface area contributed by atoms with Crippen molar-refractivity contribution in [3.63, 3.8) is 0 Å². The highest BCUT2D eigenvalue weighted by Crippen LogP contribution is 2.50. The van der Waals surface area contributed by atoms with Crippen molar-refractivity contribution in [2.45, 2.75) is 38.0 Å². The molecule has 0 amide bonds. The molecule has 0 radical (unpaired) electrons. The molecule has 1 heterocycles. The molecule has 0 aromatic heterocycles. The van der Waals surface area contributed by atoms with Crippen LogP contribution in [0, 0.1) is 5.92 Å². The van der Waals surface area contributed by atoms with Crippen LogP contribution in [0.4, 0.5) is 0 Å². The zero-order chi connectivity index (χ0) is 19.0. The van der Waals surface area contributed by atoms with E-state index in [1.54, 1.807) is 0 Å². The van der Waals surface area contributed by atoms with Crippen LogP contribution in [0.15, 0.2) is 33.7 Å². The predicted octanol–water partition coefficient (Wildman–Crippen LogP) is 4.10. The van der Waals surface area contributed by atoms with Gasteiger partial charge in [0.25, 0.3) is 0 Å². The number of aliphatic imine (C=N–C) groups is 1. The van der Waals surface area contributed by atoms with Crippen LogP contribution in [0.5, 0.6) is 0 Å². The molecule has 2 N–H and O–H groups in total. The molecule has 1 saturated carbocycles. The van der Waals surface area contributed by atoms with E-state index >= 15 is 0 Å². The van der Waals surface area contributed by atoms with Crippen molar-refractivity contribution in [3.05, 3.63) is 34.3 Å². The Morgan fingerprint density at radius 3 is 2.82 bits per heavy atom. The summed E-state index contributed by atoms with van der Waals surface area (Å²) in [4.78, 5) is 4.86. The van der Waals surface area contributed by atoms with E-state index in [2.05, 4.69) is 57.8 Å². The second-order valence-corrected chi connectivity index (χ2v) is 8.39. The maximum absolute atomic E-state index is 5.77. The molecule has 1 aromatic rings. The highest BCUT2D eigenvalue weighted by molar-refractivity contribution is 14.0. The number of benzene rings is 1. The van der Waals surface area contributed by atoms with E-state index in [9.17, 15) is 0 Å². The van der Waals surface area contributed by atoms with Gasteiger partial charge < -0.3 is 20.1 Å². The van der Waals surface area contributed by atoms with E-state index in [1.807, 2.05) is 0 Å². The minimum Gasteiger partial charge on any atom is -0.381 e. The second kappa shape index (κ2) is 12.3. The minimum atomic E-state index is 0. The van der Waals surface area contributed by atoms with Gasteiger partial charge in [-0.3, -0.25) is 4.99 Å². The second-order valence-electron chi connectivity index (χ2n) is 7.54. The standard InChI is InChI=1S/C21H32BrN3O2.HI/c1-2-23-20(24-11-5-12-26-14-17-8-13-27-15-17)25-16-21(9-10-21)18-6-3-4-7-19(18)22;/h3-4,6-7,17H,2,5,8-16H2,1H3,(H2,23,24,25);1H. The molecule has 0 spiro atoms. The molecule has 158 valence electrons. The lowest BCUT2D eigenvalue weighted by Crippen LogP contribution is -2.38. The summed E-state index contributed by atoms with van der Waals surface area (Å²) in [6, 6.07) is 8.53. The Morgan fingerprint density at radius 2 is 2.14 bits per heavy atom. The number of halogens is 2. The summed E-state index contributed by atoms with van der Waals surface area (Å²) in [5.41, 5.74) is 1.59. The van der Waals surface area contributed by atoms with Gasteiger partial charge in [0.1, 0.15) is 0 Å². The van der Waals surface area contributed by atoms with Crippen LogP contribution in [0.25, 0.3) is 0 Å². The largest absolute Gasteiger partial charge is 0.381 e. The van der Waals surface area contributed by atoms with Crippen molar-refractivity contribution in [3.8, 4) is 0 Å². The summed E-state index contributed by atoms with van der Waals surface area (Å²) in [7, 11) is 0. The Labute approximate surface area is 194 Å². The zero-order valence-electron chi connectivity index (χ0n) is 16.7. The molecule has 1 aliphatic carbocycles. The third kappa shape index (κ3) is 7.15. The summed E-state index contributed by atoms with van der Waals surface area (Å²) < 4.78 is 12.3. The number of nitrogens with one attached hydrogen (secondary N) is 2.